The lowest BCUT2D eigenvalue weighted by Crippen LogP contribution is -2.48. The molecule has 0 bridgehead atoms. The van der Waals surface area contributed by atoms with Crippen molar-refractivity contribution in [1.29, 1.82) is 0 Å². The van der Waals surface area contributed by atoms with Gasteiger partial charge < -0.3 is 9.88 Å². The second kappa shape index (κ2) is 10.1. The number of hydrogen-bond donors (Lipinski definition) is 2. The van der Waals surface area contributed by atoms with Crippen molar-refractivity contribution >= 4 is 51.4 Å². The second-order valence-electron chi connectivity index (χ2n) is 8.47. The number of hydrazone groups is 1. The normalized spacial score (nSPS) is 12.5. The summed E-state index contributed by atoms with van der Waals surface area (Å²) in [5.41, 5.74) is 6.23. The highest BCUT2D eigenvalue weighted by molar-refractivity contribution is 6.30. The van der Waals surface area contributed by atoms with Crippen LogP contribution in [-0.4, -0.2) is 28.6 Å². The third-order valence-electron chi connectivity index (χ3n) is 5.84. The minimum atomic E-state index is -0.731. The van der Waals surface area contributed by atoms with Gasteiger partial charge in [0.2, 0.25) is 0 Å². The molecule has 4 aromatic rings. The molecular formula is C27H27ClN4O2. The first-order chi connectivity index (χ1) is 16.4. The summed E-state index contributed by atoms with van der Waals surface area (Å²) in [5, 5.41) is 9.80. The highest BCUT2D eigenvalue weighted by Crippen LogP contribution is 2.29. The Labute approximate surface area is 203 Å². The zero-order valence-corrected chi connectivity index (χ0v) is 20.1. The highest BCUT2D eigenvalue weighted by atomic mass is 35.5. The molecule has 34 heavy (non-hydrogen) atoms. The van der Waals surface area contributed by atoms with Gasteiger partial charge in [-0.1, -0.05) is 49.7 Å². The Morgan fingerprint density at radius 2 is 1.71 bits per heavy atom. The van der Waals surface area contributed by atoms with E-state index in [4.69, 9.17) is 11.6 Å². The van der Waals surface area contributed by atoms with E-state index in [0.717, 1.165) is 23.0 Å². The van der Waals surface area contributed by atoms with Crippen molar-refractivity contribution in [3.8, 4) is 0 Å². The van der Waals surface area contributed by atoms with Gasteiger partial charge >= 0.3 is 0 Å². The number of aryl methyl sites for hydroxylation is 1. The predicted octanol–water partition coefficient (Wildman–Crippen LogP) is 5.37. The first-order valence-corrected chi connectivity index (χ1v) is 11.7. The van der Waals surface area contributed by atoms with Gasteiger partial charge in [-0.15, -0.1) is 0 Å². The van der Waals surface area contributed by atoms with Crippen LogP contribution in [0.2, 0.25) is 5.02 Å². The Morgan fingerprint density at radius 3 is 2.41 bits per heavy atom. The van der Waals surface area contributed by atoms with Crippen LogP contribution in [0, 0.1) is 5.92 Å². The van der Waals surface area contributed by atoms with Gasteiger partial charge in [0.25, 0.3) is 11.8 Å². The van der Waals surface area contributed by atoms with Gasteiger partial charge in [0.05, 0.1) is 6.21 Å². The number of halogens is 1. The van der Waals surface area contributed by atoms with E-state index in [9.17, 15) is 9.59 Å². The Balaban J connectivity index is 1.49. The molecule has 1 atom stereocenters. The molecule has 1 heterocycles. The number of amides is 2. The summed E-state index contributed by atoms with van der Waals surface area (Å²) in [6.07, 6.45) is 1.62. The van der Waals surface area contributed by atoms with E-state index in [2.05, 4.69) is 51.6 Å². The summed E-state index contributed by atoms with van der Waals surface area (Å²) in [5.74, 6) is -0.840. The summed E-state index contributed by atoms with van der Waals surface area (Å²) in [6, 6.07) is 20.2. The molecule has 174 valence electrons. The van der Waals surface area contributed by atoms with Crippen LogP contribution in [0.15, 0.2) is 71.8 Å². The average Bonchev–Trinajstić information content (AvgIpc) is 3.15. The van der Waals surface area contributed by atoms with Crippen molar-refractivity contribution < 1.29 is 9.59 Å². The first kappa shape index (κ1) is 23.5. The molecular weight excluding hydrogens is 448 g/mol. The quantitative estimate of drug-likeness (QED) is 0.279. The van der Waals surface area contributed by atoms with Gasteiger partial charge in [-0.2, -0.15) is 5.10 Å². The minimum Gasteiger partial charge on any atom is -0.341 e. The number of aromatic nitrogens is 1. The summed E-state index contributed by atoms with van der Waals surface area (Å²) < 4.78 is 2.28. The maximum atomic E-state index is 12.8. The van der Waals surface area contributed by atoms with E-state index >= 15 is 0 Å². The zero-order chi connectivity index (χ0) is 24.2. The number of para-hydroxylation sites is 1. The zero-order valence-electron chi connectivity index (χ0n) is 19.4. The summed E-state index contributed by atoms with van der Waals surface area (Å²) in [6.45, 7) is 6.75. The molecule has 0 aliphatic carbocycles. The number of fused-ring (bicyclic) bond motifs is 3. The van der Waals surface area contributed by atoms with E-state index in [-0.39, 0.29) is 17.7 Å². The molecule has 3 aromatic carbocycles. The topological polar surface area (TPSA) is 75.5 Å². The van der Waals surface area contributed by atoms with E-state index in [1.54, 1.807) is 30.5 Å². The van der Waals surface area contributed by atoms with Gasteiger partial charge in [0, 0.05) is 38.9 Å². The molecule has 1 aromatic heterocycles. The molecule has 0 radical (unpaired) electrons. The maximum absolute atomic E-state index is 12.8. The molecule has 7 heteroatoms. The Bertz CT molecular complexity index is 1370. The van der Waals surface area contributed by atoms with Crippen molar-refractivity contribution in [2.24, 2.45) is 11.0 Å². The van der Waals surface area contributed by atoms with Gasteiger partial charge in [0.15, 0.2) is 0 Å². The third-order valence-corrected chi connectivity index (χ3v) is 6.10. The fraction of sp³-hybridized carbons (Fsp3) is 0.222. The van der Waals surface area contributed by atoms with Crippen molar-refractivity contribution in [2.75, 3.05) is 0 Å². The smallest absolute Gasteiger partial charge is 0.262 e. The first-order valence-electron chi connectivity index (χ1n) is 11.3. The van der Waals surface area contributed by atoms with Crippen LogP contribution in [0.3, 0.4) is 0 Å². The van der Waals surface area contributed by atoms with Crippen LogP contribution in [-0.2, 0) is 11.3 Å². The summed E-state index contributed by atoms with van der Waals surface area (Å²) in [4.78, 5) is 25.3. The molecule has 0 aliphatic rings. The number of hydrogen-bond acceptors (Lipinski definition) is 3. The van der Waals surface area contributed by atoms with Crippen LogP contribution < -0.4 is 10.7 Å². The molecule has 4 rings (SSSR count). The molecule has 6 nitrogen and oxygen atoms in total. The van der Waals surface area contributed by atoms with E-state index in [1.165, 1.54) is 10.9 Å². The van der Waals surface area contributed by atoms with E-state index < -0.39 is 6.04 Å². The third kappa shape index (κ3) is 4.82. The molecule has 0 saturated carbocycles. The highest BCUT2D eigenvalue weighted by Gasteiger charge is 2.24. The number of rotatable bonds is 7. The molecule has 0 aliphatic heterocycles. The summed E-state index contributed by atoms with van der Waals surface area (Å²) in [7, 11) is 0. The van der Waals surface area contributed by atoms with Crippen LogP contribution >= 0.6 is 11.6 Å². The Kier molecular flexibility index (Phi) is 6.98. The molecule has 2 N–H and O–H groups in total. The van der Waals surface area contributed by atoms with E-state index in [1.807, 2.05) is 32.0 Å². The average molecular weight is 475 g/mol. The van der Waals surface area contributed by atoms with Gasteiger partial charge in [-0.3, -0.25) is 9.59 Å². The van der Waals surface area contributed by atoms with Crippen LogP contribution in [0.25, 0.3) is 21.8 Å². The van der Waals surface area contributed by atoms with Crippen LogP contribution in [0.5, 0.6) is 0 Å². The number of carbonyl (C=O) groups is 2. The van der Waals surface area contributed by atoms with Crippen LogP contribution in [0.4, 0.5) is 0 Å². The summed E-state index contributed by atoms with van der Waals surface area (Å²) >= 11 is 5.89. The lowest BCUT2D eigenvalue weighted by molar-refractivity contribution is -0.123. The van der Waals surface area contributed by atoms with Crippen molar-refractivity contribution in [3.63, 3.8) is 0 Å². The van der Waals surface area contributed by atoms with Crippen LogP contribution in [0.1, 0.15) is 36.7 Å². The largest absolute Gasteiger partial charge is 0.341 e. The lowest BCUT2D eigenvalue weighted by atomic mass is 10.0. The van der Waals surface area contributed by atoms with Crippen molar-refractivity contribution in [3.05, 3.63) is 82.9 Å². The molecule has 2 amide bonds. The predicted molar refractivity (Wildman–Crippen MR) is 138 cm³/mol. The molecule has 0 saturated heterocycles. The number of benzene rings is 3. The van der Waals surface area contributed by atoms with Crippen molar-refractivity contribution in [2.45, 2.75) is 33.4 Å². The molecule has 0 spiro atoms. The van der Waals surface area contributed by atoms with Gasteiger partial charge in [-0.05, 0) is 60.9 Å². The monoisotopic (exact) mass is 474 g/mol. The fourth-order valence-electron chi connectivity index (χ4n) is 4.09. The Hall–Kier alpha value is -3.64. The SMILES string of the molecule is CCn1c2ccccc2c2cc(/C=N\NC(=O)C(NC(=O)c3ccc(Cl)cc3)C(C)C)ccc21. The van der Waals surface area contributed by atoms with Gasteiger partial charge in [-0.25, -0.2) is 5.43 Å². The minimum absolute atomic E-state index is 0.122. The maximum Gasteiger partial charge on any atom is 0.262 e. The number of nitrogens with one attached hydrogen (secondary N) is 2. The second-order valence-corrected chi connectivity index (χ2v) is 8.91. The van der Waals surface area contributed by atoms with Gasteiger partial charge in [0.1, 0.15) is 6.04 Å². The van der Waals surface area contributed by atoms with Crippen molar-refractivity contribution in [1.82, 2.24) is 15.3 Å². The lowest BCUT2D eigenvalue weighted by Gasteiger charge is -2.20. The molecule has 1 unspecified atom stereocenters. The fourth-order valence-corrected chi connectivity index (χ4v) is 4.22. The molecule has 0 fully saturated rings. The number of nitrogens with zero attached hydrogens (tertiary/aromatic N) is 2. The number of carbonyl (C=O) groups excluding carboxylic acids is 2. The van der Waals surface area contributed by atoms with E-state index in [0.29, 0.717) is 10.6 Å². The standard InChI is InChI=1S/C27H27ClN4O2/c1-4-32-23-8-6-5-7-21(23)22-15-18(9-14-24(22)32)16-29-31-27(34)25(17(2)3)30-26(33)19-10-12-20(28)13-11-19/h5-17,25H,4H2,1-3H3,(H,30,33)(H,31,34)/b29-16-. The Morgan fingerprint density at radius 1 is 1.00 bits per heavy atom.